The molecule has 3 N–H and O–H groups in total. The van der Waals surface area contributed by atoms with Crippen molar-refractivity contribution in [1.29, 1.82) is 0 Å². The number of nitrogens with two attached hydrogens (primary N) is 1. The SMILES string of the molecule is CCCOc1ncnc(NCc2ccc(CC)s2)c1N. The molecule has 0 aliphatic rings. The van der Waals surface area contributed by atoms with Gasteiger partial charge in [0.05, 0.1) is 13.2 Å². The summed E-state index contributed by atoms with van der Waals surface area (Å²) in [6.07, 6.45) is 3.45. The zero-order chi connectivity index (χ0) is 14.4. The van der Waals surface area contributed by atoms with Crippen LogP contribution in [0.4, 0.5) is 11.5 Å². The van der Waals surface area contributed by atoms with Crippen LogP contribution in [0.15, 0.2) is 18.5 Å². The first-order chi connectivity index (χ1) is 9.74. The van der Waals surface area contributed by atoms with Crippen LogP contribution >= 0.6 is 11.3 Å². The molecule has 0 atom stereocenters. The third-order valence-corrected chi connectivity index (χ3v) is 4.02. The molecular formula is C14H20N4OS. The number of ether oxygens (including phenoxy) is 1. The lowest BCUT2D eigenvalue weighted by Gasteiger charge is -2.10. The van der Waals surface area contributed by atoms with Crippen LogP contribution in [0, 0.1) is 0 Å². The van der Waals surface area contributed by atoms with E-state index in [4.69, 9.17) is 10.5 Å². The molecule has 0 aliphatic heterocycles. The van der Waals surface area contributed by atoms with E-state index in [9.17, 15) is 0 Å². The van der Waals surface area contributed by atoms with E-state index in [1.807, 2.05) is 6.92 Å². The van der Waals surface area contributed by atoms with Gasteiger partial charge in [0, 0.05) is 9.75 Å². The third-order valence-electron chi connectivity index (χ3n) is 2.79. The van der Waals surface area contributed by atoms with E-state index in [1.165, 1.54) is 16.1 Å². The molecule has 0 bridgehead atoms. The molecule has 0 saturated heterocycles. The van der Waals surface area contributed by atoms with E-state index in [-0.39, 0.29) is 0 Å². The molecule has 0 radical (unpaired) electrons. The van der Waals surface area contributed by atoms with Gasteiger partial charge in [0.2, 0.25) is 5.88 Å². The maximum Gasteiger partial charge on any atom is 0.242 e. The van der Waals surface area contributed by atoms with E-state index in [2.05, 4.69) is 34.3 Å². The number of rotatable bonds is 7. The molecule has 20 heavy (non-hydrogen) atoms. The highest BCUT2D eigenvalue weighted by Gasteiger charge is 2.09. The molecule has 0 aliphatic carbocycles. The molecule has 2 rings (SSSR count). The van der Waals surface area contributed by atoms with Crippen LogP contribution in [-0.4, -0.2) is 16.6 Å². The van der Waals surface area contributed by atoms with Crippen molar-refractivity contribution in [2.45, 2.75) is 33.2 Å². The quantitative estimate of drug-likeness (QED) is 0.820. The molecule has 0 aromatic carbocycles. The Labute approximate surface area is 123 Å². The van der Waals surface area contributed by atoms with Gasteiger partial charge in [-0.05, 0) is 25.0 Å². The molecule has 0 unspecified atom stereocenters. The highest BCUT2D eigenvalue weighted by molar-refractivity contribution is 7.12. The molecule has 108 valence electrons. The summed E-state index contributed by atoms with van der Waals surface area (Å²) in [6.45, 7) is 5.51. The monoisotopic (exact) mass is 292 g/mol. The minimum absolute atomic E-state index is 0.449. The molecule has 2 aromatic rings. The molecule has 6 heteroatoms. The van der Waals surface area contributed by atoms with Gasteiger partial charge in [-0.15, -0.1) is 11.3 Å². The summed E-state index contributed by atoms with van der Waals surface area (Å²) < 4.78 is 5.49. The molecular weight excluding hydrogens is 272 g/mol. The highest BCUT2D eigenvalue weighted by atomic mass is 32.1. The Morgan fingerprint density at radius 1 is 1.25 bits per heavy atom. The minimum atomic E-state index is 0.449. The van der Waals surface area contributed by atoms with Crippen molar-refractivity contribution in [3.05, 3.63) is 28.2 Å². The molecule has 2 aromatic heterocycles. The number of aryl methyl sites for hydroxylation is 1. The first-order valence-corrected chi connectivity index (χ1v) is 7.61. The predicted octanol–water partition coefficient (Wildman–Crippen LogP) is 3.08. The van der Waals surface area contributed by atoms with Crippen LogP contribution in [-0.2, 0) is 13.0 Å². The first-order valence-electron chi connectivity index (χ1n) is 6.79. The van der Waals surface area contributed by atoms with Crippen LogP contribution in [0.25, 0.3) is 0 Å². The van der Waals surface area contributed by atoms with Gasteiger partial charge in [-0.2, -0.15) is 4.98 Å². The van der Waals surface area contributed by atoms with Gasteiger partial charge in [0.1, 0.15) is 12.0 Å². The molecule has 0 amide bonds. The van der Waals surface area contributed by atoms with E-state index in [0.717, 1.165) is 12.8 Å². The number of hydrogen-bond donors (Lipinski definition) is 2. The Bertz CT molecular complexity index is 556. The van der Waals surface area contributed by atoms with Gasteiger partial charge in [0.15, 0.2) is 5.82 Å². The number of nitrogens with one attached hydrogen (secondary N) is 1. The van der Waals surface area contributed by atoms with Gasteiger partial charge in [0.25, 0.3) is 0 Å². The summed E-state index contributed by atoms with van der Waals surface area (Å²) in [4.78, 5) is 10.9. The second-order valence-corrected chi connectivity index (χ2v) is 5.62. The van der Waals surface area contributed by atoms with Crippen LogP contribution < -0.4 is 15.8 Å². The van der Waals surface area contributed by atoms with Crippen molar-refractivity contribution in [3.8, 4) is 5.88 Å². The topological polar surface area (TPSA) is 73.1 Å². The average molecular weight is 292 g/mol. The Kier molecular flexibility index (Phi) is 5.17. The lowest BCUT2D eigenvalue weighted by Crippen LogP contribution is -2.07. The molecule has 0 saturated carbocycles. The number of anilines is 2. The van der Waals surface area contributed by atoms with Crippen LogP contribution in [0.2, 0.25) is 0 Å². The van der Waals surface area contributed by atoms with Gasteiger partial charge >= 0.3 is 0 Å². The van der Waals surface area contributed by atoms with Crippen LogP contribution in [0.1, 0.15) is 30.0 Å². The van der Waals surface area contributed by atoms with Crippen molar-refractivity contribution < 1.29 is 4.74 Å². The Hall–Kier alpha value is -1.82. The molecule has 0 spiro atoms. The zero-order valence-corrected chi connectivity index (χ0v) is 12.7. The van der Waals surface area contributed by atoms with Crippen LogP contribution in [0.5, 0.6) is 5.88 Å². The average Bonchev–Trinajstić information content (AvgIpc) is 2.93. The molecule has 0 fully saturated rings. The summed E-state index contributed by atoms with van der Waals surface area (Å²) >= 11 is 1.80. The fourth-order valence-electron chi connectivity index (χ4n) is 1.71. The lowest BCUT2D eigenvalue weighted by atomic mass is 10.3. The number of aromatic nitrogens is 2. The zero-order valence-electron chi connectivity index (χ0n) is 11.8. The second kappa shape index (κ2) is 7.09. The van der Waals surface area contributed by atoms with Gasteiger partial charge in [-0.1, -0.05) is 13.8 Å². The maximum absolute atomic E-state index is 6.01. The summed E-state index contributed by atoms with van der Waals surface area (Å²) in [5, 5.41) is 3.24. The Balaban J connectivity index is 2.01. The lowest BCUT2D eigenvalue weighted by molar-refractivity contribution is 0.306. The third kappa shape index (κ3) is 3.60. The predicted molar refractivity (Wildman–Crippen MR) is 83.3 cm³/mol. The smallest absolute Gasteiger partial charge is 0.242 e. The standard InChI is InChI=1S/C14H20N4OS/c1-3-7-19-14-12(15)13(17-9-18-14)16-8-11-6-5-10(4-2)20-11/h5-6,9H,3-4,7-8,15H2,1-2H3,(H,16,17,18). The maximum atomic E-state index is 6.01. The normalized spacial score (nSPS) is 10.5. The first kappa shape index (κ1) is 14.6. The fourth-order valence-corrected chi connectivity index (χ4v) is 2.61. The Morgan fingerprint density at radius 3 is 2.75 bits per heavy atom. The number of nitrogen functional groups attached to an aromatic ring is 1. The van der Waals surface area contributed by atoms with Crippen molar-refractivity contribution in [2.24, 2.45) is 0 Å². The summed E-state index contributed by atoms with van der Waals surface area (Å²) in [7, 11) is 0. The molecule has 2 heterocycles. The fraction of sp³-hybridized carbons (Fsp3) is 0.429. The van der Waals surface area contributed by atoms with E-state index < -0.39 is 0 Å². The van der Waals surface area contributed by atoms with E-state index >= 15 is 0 Å². The number of hydrogen-bond acceptors (Lipinski definition) is 6. The number of thiophene rings is 1. The van der Waals surface area contributed by atoms with Crippen LogP contribution in [0.3, 0.4) is 0 Å². The van der Waals surface area contributed by atoms with E-state index in [1.54, 1.807) is 11.3 Å². The van der Waals surface area contributed by atoms with Crippen molar-refractivity contribution >= 4 is 22.8 Å². The van der Waals surface area contributed by atoms with Crippen molar-refractivity contribution in [1.82, 2.24) is 9.97 Å². The number of nitrogens with zero attached hydrogens (tertiary/aromatic N) is 2. The van der Waals surface area contributed by atoms with Gasteiger partial charge < -0.3 is 15.8 Å². The van der Waals surface area contributed by atoms with Gasteiger partial charge in [-0.3, -0.25) is 0 Å². The Morgan fingerprint density at radius 2 is 2.05 bits per heavy atom. The molecule has 5 nitrogen and oxygen atoms in total. The van der Waals surface area contributed by atoms with Crippen molar-refractivity contribution in [2.75, 3.05) is 17.7 Å². The summed E-state index contributed by atoms with van der Waals surface area (Å²) in [5.41, 5.74) is 6.48. The second-order valence-electron chi connectivity index (χ2n) is 4.36. The highest BCUT2D eigenvalue weighted by Crippen LogP contribution is 2.26. The summed E-state index contributed by atoms with van der Waals surface area (Å²) in [5.74, 6) is 1.07. The van der Waals surface area contributed by atoms with Crippen molar-refractivity contribution in [3.63, 3.8) is 0 Å². The van der Waals surface area contributed by atoms with Gasteiger partial charge in [-0.25, -0.2) is 4.98 Å². The largest absolute Gasteiger partial charge is 0.476 e. The summed E-state index contributed by atoms with van der Waals surface area (Å²) in [6, 6.07) is 4.28. The minimum Gasteiger partial charge on any atom is -0.476 e. The van der Waals surface area contributed by atoms with E-state index in [0.29, 0.717) is 30.5 Å².